The number of hydrogen-bond donors (Lipinski definition) is 0. The van der Waals surface area contributed by atoms with Gasteiger partial charge in [0.15, 0.2) is 0 Å². The summed E-state index contributed by atoms with van der Waals surface area (Å²) in [6.07, 6.45) is 1.00. The Morgan fingerprint density at radius 2 is 1.85 bits per heavy atom. The molecule has 0 amide bonds. The van der Waals surface area contributed by atoms with Gasteiger partial charge in [-0.3, -0.25) is 4.99 Å². The monoisotopic (exact) mass is 370 g/mol. The van der Waals surface area contributed by atoms with Gasteiger partial charge in [0.05, 0.1) is 12.5 Å². The SMILES string of the molecule is COc1ccc2oc(-c3ccc(Cl)cc3)cc(=NCCCN(C)C)c2c1. The average Bonchev–Trinajstić information content (AvgIpc) is 2.65. The van der Waals surface area contributed by atoms with Gasteiger partial charge in [-0.05, 0) is 69.5 Å². The van der Waals surface area contributed by atoms with Crippen LogP contribution in [0.3, 0.4) is 0 Å². The largest absolute Gasteiger partial charge is 0.497 e. The number of halogens is 1. The molecule has 26 heavy (non-hydrogen) atoms. The van der Waals surface area contributed by atoms with Gasteiger partial charge in [0, 0.05) is 28.6 Å². The molecule has 1 heterocycles. The Bertz CT molecular complexity index is 946. The first kappa shape index (κ1) is 18.5. The molecule has 0 unspecified atom stereocenters. The lowest BCUT2D eigenvalue weighted by Crippen LogP contribution is -2.14. The van der Waals surface area contributed by atoms with E-state index >= 15 is 0 Å². The maximum Gasteiger partial charge on any atom is 0.137 e. The number of methoxy groups -OCH3 is 1. The maximum atomic E-state index is 6.11. The van der Waals surface area contributed by atoms with Crippen LogP contribution in [0.5, 0.6) is 5.75 Å². The van der Waals surface area contributed by atoms with Gasteiger partial charge >= 0.3 is 0 Å². The number of hydrogen-bond acceptors (Lipinski definition) is 4. The third-order valence-electron chi connectivity index (χ3n) is 4.12. The Morgan fingerprint density at radius 3 is 2.54 bits per heavy atom. The van der Waals surface area contributed by atoms with Crippen molar-refractivity contribution in [1.29, 1.82) is 0 Å². The van der Waals surface area contributed by atoms with Crippen LogP contribution >= 0.6 is 11.6 Å². The van der Waals surface area contributed by atoms with Crippen molar-refractivity contribution in [3.8, 4) is 17.1 Å². The molecule has 4 nitrogen and oxygen atoms in total. The van der Waals surface area contributed by atoms with Crippen LogP contribution < -0.4 is 10.1 Å². The zero-order valence-electron chi connectivity index (χ0n) is 15.3. The fourth-order valence-corrected chi connectivity index (χ4v) is 2.87. The zero-order valence-corrected chi connectivity index (χ0v) is 16.1. The minimum absolute atomic E-state index is 0.702. The lowest BCUT2D eigenvalue weighted by atomic mass is 10.1. The van der Waals surface area contributed by atoms with Gasteiger partial charge in [-0.15, -0.1) is 0 Å². The first-order valence-electron chi connectivity index (χ1n) is 8.60. The highest BCUT2D eigenvalue weighted by molar-refractivity contribution is 6.30. The molecule has 136 valence electrons. The molecule has 0 radical (unpaired) electrons. The van der Waals surface area contributed by atoms with E-state index in [-0.39, 0.29) is 0 Å². The van der Waals surface area contributed by atoms with Crippen molar-refractivity contribution in [3.05, 3.63) is 58.9 Å². The number of rotatable bonds is 6. The van der Waals surface area contributed by atoms with Crippen LogP contribution in [-0.2, 0) is 0 Å². The minimum Gasteiger partial charge on any atom is -0.497 e. The Morgan fingerprint density at radius 1 is 1.08 bits per heavy atom. The maximum absolute atomic E-state index is 6.11. The van der Waals surface area contributed by atoms with Gasteiger partial charge in [-0.25, -0.2) is 0 Å². The van der Waals surface area contributed by atoms with E-state index in [0.29, 0.717) is 5.02 Å². The van der Waals surface area contributed by atoms with E-state index in [1.807, 2.05) is 48.5 Å². The molecule has 0 aliphatic rings. The van der Waals surface area contributed by atoms with Gasteiger partial charge < -0.3 is 14.1 Å². The lowest BCUT2D eigenvalue weighted by molar-refractivity contribution is 0.402. The van der Waals surface area contributed by atoms with E-state index in [1.165, 1.54) is 0 Å². The van der Waals surface area contributed by atoms with E-state index in [9.17, 15) is 0 Å². The van der Waals surface area contributed by atoms with Crippen molar-refractivity contribution in [3.63, 3.8) is 0 Å². The minimum atomic E-state index is 0.702. The summed E-state index contributed by atoms with van der Waals surface area (Å²) in [6.45, 7) is 1.76. The van der Waals surface area contributed by atoms with Gasteiger partial charge in [-0.1, -0.05) is 11.6 Å². The molecule has 3 rings (SSSR count). The molecule has 0 aliphatic carbocycles. The second-order valence-corrected chi connectivity index (χ2v) is 6.84. The Hall–Kier alpha value is -2.30. The summed E-state index contributed by atoms with van der Waals surface area (Å²) in [7, 11) is 5.80. The fourth-order valence-electron chi connectivity index (χ4n) is 2.75. The Kier molecular flexibility index (Phi) is 5.96. The van der Waals surface area contributed by atoms with E-state index < -0.39 is 0 Å². The summed E-state index contributed by atoms with van der Waals surface area (Å²) in [5.74, 6) is 1.56. The molecule has 3 aromatic rings. The van der Waals surface area contributed by atoms with Crippen molar-refractivity contribution in [2.24, 2.45) is 4.99 Å². The molecule has 5 heteroatoms. The summed E-state index contributed by atoms with van der Waals surface area (Å²) >= 11 is 6.00. The molecule has 0 N–H and O–H groups in total. The summed E-state index contributed by atoms with van der Waals surface area (Å²) < 4.78 is 11.5. The van der Waals surface area contributed by atoms with Gasteiger partial charge in [0.25, 0.3) is 0 Å². The van der Waals surface area contributed by atoms with Crippen molar-refractivity contribution < 1.29 is 9.15 Å². The molecular formula is C21H23ClN2O2. The van der Waals surface area contributed by atoms with Crippen molar-refractivity contribution in [2.75, 3.05) is 34.3 Å². The highest BCUT2D eigenvalue weighted by atomic mass is 35.5. The summed E-state index contributed by atoms with van der Waals surface area (Å²) in [5, 5.41) is 2.56. The van der Waals surface area contributed by atoms with Crippen LogP contribution in [0.1, 0.15) is 6.42 Å². The second kappa shape index (κ2) is 8.39. The third-order valence-corrected chi connectivity index (χ3v) is 4.38. The lowest BCUT2D eigenvalue weighted by Gasteiger charge is -2.08. The zero-order chi connectivity index (χ0) is 18.5. The predicted octanol–water partition coefficient (Wildman–Crippen LogP) is 4.61. The van der Waals surface area contributed by atoms with E-state index in [2.05, 4.69) is 19.0 Å². The quantitative estimate of drug-likeness (QED) is 0.594. The molecule has 0 bridgehead atoms. The first-order chi connectivity index (χ1) is 12.6. The molecular weight excluding hydrogens is 348 g/mol. The number of nitrogens with zero attached hydrogens (tertiary/aromatic N) is 2. The topological polar surface area (TPSA) is 38.0 Å². The van der Waals surface area contributed by atoms with Gasteiger partial charge in [0.2, 0.25) is 0 Å². The Labute approximate surface area is 158 Å². The molecule has 1 aromatic heterocycles. The van der Waals surface area contributed by atoms with E-state index in [0.717, 1.165) is 52.9 Å². The van der Waals surface area contributed by atoms with Crippen LogP contribution in [0.25, 0.3) is 22.3 Å². The van der Waals surface area contributed by atoms with Crippen molar-refractivity contribution in [2.45, 2.75) is 6.42 Å². The van der Waals surface area contributed by atoms with Crippen LogP contribution in [0.15, 0.2) is 57.9 Å². The van der Waals surface area contributed by atoms with Gasteiger partial charge in [-0.2, -0.15) is 0 Å². The van der Waals surface area contributed by atoms with Crippen molar-refractivity contribution >= 4 is 22.6 Å². The number of benzene rings is 2. The van der Waals surface area contributed by atoms with Crippen LogP contribution in [0.4, 0.5) is 0 Å². The third kappa shape index (κ3) is 4.45. The summed E-state index contributed by atoms with van der Waals surface area (Å²) in [6, 6.07) is 15.4. The van der Waals surface area contributed by atoms with Crippen LogP contribution in [0, 0.1) is 0 Å². The van der Waals surface area contributed by atoms with Crippen molar-refractivity contribution in [1.82, 2.24) is 4.90 Å². The number of ether oxygens (including phenoxy) is 1. The molecule has 2 aromatic carbocycles. The molecule has 0 spiro atoms. The predicted molar refractivity (Wildman–Crippen MR) is 107 cm³/mol. The Balaban J connectivity index is 2.08. The second-order valence-electron chi connectivity index (χ2n) is 6.40. The summed E-state index contributed by atoms with van der Waals surface area (Å²) in [4.78, 5) is 6.98. The molecule has 0 fully saturated rings. The van der Waals surface area contributed by atoms with Gasteiger partial charge in [0.1, 0.15) is 17.1 Å². The first-order valence-corrected chi connectivity index (χ1v) is 8.97. The van der Waals surface area contributed by atoms with Crippen LogP contribution in [0.2, 0.25) is 5.02 Å². The van der Waals surface area contributed by atoms with Crippen LogP contribution in [-0.4, -0.2) is 39.2 Å². The normalized spacial score (nSPS) is 12.1. The fraction of sp³-hybridized carbons (Fsp3) is 0.286. The molecule has 0 saturated carbocycles. The molecule has 0 aliphatic heterocycles. The average molecular weight is 371 g/mol. The molecule has 0 saturated heterocycles. The molecule has 0 atom stereocenters. The highest BCUT2D eigenvalue weighted by Gasteiger charge is 2.07. The van der Waals surface area contributed by atoms with E-state index in [4.69, 9.17) is 25.7 Å². The smallest absolute Gasteiger partial charge is 0.137 e. The standard InChI is InChI=1S/C21H23ClN2O2/c1-24(2)12-4-11-23-19-14-21(15-5-7-16(22)8-6-15)26-20-10-9-17(25-3)13-18(19)20/h5-10,13-14H,4,11-12H2,1-3H3. The number of fused-ring (bicyclic) bond motifs is 1. The van der Waals surface area contributed by atoms with E-state index in [1.54, 1.807) is 7.11 Å². The highest BCUT2D eigenvalue weighted by Crippen LogP contribution is 2.25. The summed E-state index contributed by atoms with van der Waals surface area (Å²) in [5.41, 5.74) is 1.75.